The smallest absolute Gasteiger partial charge is 0.206 e. The summed E-state index contributed by atoms with van der Waals surface area (Å²) in [5.41, 5.74) is 0.626. The van der Waals surface area contributed by atoms with Crippen LogP contribution in [-0.2, 0) is 9.84 Å². The molecule has 2 aliphatic rings. The van der Waals surface area contributed by atoms with Gasteiger partial charge in [0.1, 0.15) is 5.75 Å². The van der Waals surface area contributed by atoms with Gasteiger partial charge < -0.3 is 4.74 Å². The van der Waals surface area contributed by atoms with Gasteiger partial charge in [0.2, 0.25) is 9.84 Å². The highest BCUT2D eigenvalue weighted by atomic mass is 32.2. The maximum Gasteiger partial charge on any atom is 0.206 e. The average Bonchev–Trinajstić information content (AvgIpc) is 2.60. The van der Waals surface area contributed by atoms with Crippen LogP contribution >= 0.6 is 0 Å². The maximum absolute atomic E-state index is 12.9. The maximum atomic E-state index is 12.9. The Hall–Kier alpha value is -2.40. The van der Waals surface area contributed by atoms with Crippen molar-refractivity contribution < 1.29 is 13.2 Å². The quantitative estimate of drug-likeness (QED) is 0.854. The summed E-state index contributed by atoms with van der Waals surface area (Å²) >= 11 is 0. The Labute approximate surface area is 136 Å². The first kappa shape index (κ1) is 15.5. The zero-order chi connectivity index (χ0) is 16.4. The Morgan fingerprint density at radius 1 is 1.26 bits per heavy atom. The number of rotatable bonds is 4. The molecule has 0 spiro atoms. The molecule has 1 heterocycles. The van der Waals surface area contributed by atoms with Crippen LogP contribution in [0.1, 0.15) is 0 Å². The Bertz CT molecular complexity index is 860. The molecule has 1 aliphatic heterocycles. The minimum atomic E-state index is -3.70. The highest BCUT2D eigenvalue weighted by Crippen LogP contribution is 2.34. The van der Waals surface area contributed by atoms with E-state index in [1.54, 1.807) is 30.5 Å². The number of hydrogen-bond acceptors (Lipinski definition) is 4. The summed E-state index contributed by atoms with van der Waals surface area (Å²) in [6.45, 7) is 3.84. The molecule has 1 aliphatic carbocycles. The number of allylic oxidation sites excluding steroid dienone is 3. The van der Waals surface area contributed by atoms with Crippen molar-refractivity contribution in [1.82, 2.24) is 0 Å². The lowest BCUT2D eigenvalue weighted by Crippen LogP contribution is -2.25. The van der Waals surface area contributed by atoms with Crippen molar-refractivity contribution in [3.63, 3.8) is 0 Å². The van der Waals surface area contributed by atoms with Crippen LogP contribution in [0.2, 0.25) is 0 Å². The lowest BCUT2D eigenvalue weighted by atomic mass is 9.87. The van der Waals surface area contributed by atoms with E-state index in [4.69, 9.17) is 4.74 Å². The molecule has 0 aromatic heterocycles. The number of ether oxygens (including phenoxy) is 1. The fourth-order valence-electron chi connectivity index (χ4n) is 2.69. The highest BCUT2D eigenvalue weighted by molar-refractivity contribution is 7.95. The molecular formula is C18H17NO3S. The van der Waals surface area contributed by atoms with Gasteiger partial charge in [-0.25, -0.2) is 8.42 Å². The second kappa shape index (κ2) is 6.01. The molecule has 0 radical (unpaired) electrons. The summed E-state index contributed by atoms with van der Waals surface area (Å²) in [6.07, 6.45) is 11.2. The Morgan fingerprint density at radius 2 is 2.04 bits per heavy atom. The van der Waals surface area contributed by atoms with Gasteiger partial charge in [-0.1, -0.05) is 36.9 Å². The van der Waals surface area contributed by atoms with E-state index in [0.717, 1.165) is 0 Å². The van der Waals surface area contributed by atoms with E-state index < -0.39 is 9.84 Å². The van der Waals surface area contributed by atoms with Crippen LogP contribution in [0.15, 0.2) is 81.6 Å². The van der Waals surface area contributed by atoms with E-state index in [1.807, 2.05) is 24.3 Å². The monoisotopic (exact) mass is 327 g/mol. The Kier molecular flexibility index (Phi) is 4.05. The van der Waals surface area contributed by atoms with Gasteiger partial charge in [0.05, 0.1) is 23.0 Å². The molecule has 0 saturated heterocycles. The number of hydrogen-bond donors (Lipinski definition) is 0. The van der Waals surface area contributed by atoms with E-state index in [-0.39, 0.29) is 21.8 Å². The molecule has 118 valence electrons. The third kappa shape index (κ3) is 2.80. The summed E-state index contributed by atoms with van der Waals surface area (Å²) in [5.74, 6) is 0.560. The number of dihydropyridines is 1. The first-order chi connectivity index (χ1) is 11.0. The number of fused-ring (bicyclic) bond motifs is 1. The lowest BCUT2D eigenvalue weighted by molar-refractivity contribution is 0.413. The van der Waals surface area contributed by atoms with Gasteiger partial charge in [0.15, 0.2) is 0 Å². The first-order valence-electron chi connectivity index (χ1n) is 7.21. The minimum Gasteiger partial charge on any atom is -0.497 e. The fraction of sp³-hybridized carbons (Fsp3) is 0.167. The topological polar surface area (TPSA) is 55.7 Å². The third-order valence-corrected chi connectivity index (χ3v) is 5.72. The summed E-state index contributed by atoms with van der Waals surface area (Å²) in [6, 6.07) is 6.16. The molecular weight excluding hydrogens is 310 g/mol. The zero-order valence-electron chi connectivity index (χ0n) is 12.7. The molecule has 4 nitrogen and oxygen atoms in total. The lowest BCUT2D eigenvalue weighted by Gasteiger charge is -2.27. The van der Waals surface area contributed by atoms with Gasteiger partial charge >= 0.3 is 0 Å². The van der Waals surface area contributed by atoms with Crippen molar-refractivity contribution in [3.8, 4) is 5.75 Å². The Morgan fingerprint density at radius 3 is 2.83 bits per heavy atom. The molecule has 0 saturated carbocycles. The summed E-state index contributed by atoms with van der Waals surface area (Å²) in [4.78, 5) is 4.67. The summed E-state index contributed by atoms with van der Waals surface area (Å²) in [5, 5.41) is 0. The first-order valence-corrected chi connectivity index (χ1v) is 8.69. The van der Waals surface area contributed by atoms with Crippen LogP contribution in [0.3, 0.4) is 0 Å². The molecule has 0 N–H and O–H groups in total. The predicted octanol–water partition coefficient (Wildman–Crippen LogP) is 3.10. The van der Waals surface area contributed by atoms with Gasteiger partial charge in [-0.15, -0.1) is 0 Å². The Balaban J connectivity index is 1.98. The van der Waals surface area contributed by atoms with Crippen molar-refractivity contribution >= 4 is 16.1 Å². The number of methoxy groups -OCH3 is 1. The third-order valence-electron chi connectivity index (χ3n) is 3.96. The number of benzene rings is 1. The van der Waals surface area contributed by atoms with Crippen LogP contribution in [0.5, 0.6) is 5.75 Å². The molecule has 1 aromatic rings. The molecule has 5 heteroatoms. The van der Waals surface area contributed by atoms with Crippen LogP contribution < -0.4 is 4.74 Å². The van der Waals surface area contributed by atoms with Crippen molar-refractivity contribution in [3.05, 3.63) is 71.7 Å². The number of nitrogens with zero attached hydrogens (tertiary/aromatic N) is 1. The predicted molar refractivity (Wildman–Crippen MR) is 91.5 cm³/mol. The average molecular weight is 327 g/mol. The van der Waals surface area contributed by atoms with Gasteiger partial charge in [-0.05, 0) is 29.8 Å². The second-order valence-corrected chi connectivity index (χ2v) is 7.29. The van der Waals surface area contributed by atoms with Crippen LogP contribution in [-0.4, -0.2) is 27.8 Å². The highest BCUT2D eigenvalue weighted by Gasteiger charge is 2.31. The van der Waals surface area contributed by atoms with E-state index in [9.17, 15) is 8.42 Å². The van der Waals surface area contributed by atoms with Gasteiger partial charge in [-0.3, -0.25) is 4.99 Å². The SMILES string of the molecule is C=C(C1=CC=CC2C=CC=NC12)S(=O)(=O)c1cccc(OC)c1. The van der Waals surface area contributed by atoms with Crippen LogP contribution in [0.25, 0.3) is 0 Å². The molecule has 0 fully saturated rings. The normalized spacial score (nSPS) is 22.4. The van der Waals surface area contributed by atoms with Crippen molar-refractivity contribution in [2.75, 3.05) is 7.11 Å². The zero-order valence-corrected chi connectivity index (χ0v) is 13.5. The molecule has 1 aromatic carbocycles. The van der Waals surface area contributed by atoms with E-state index in [1.165, 1.54) is 13.2 Å². The second-order valence-electron chi connectivity index (χ2n) is 5.32. The van der Waals surface area contributed by atoms with Crippen molar-refractivity contribution in [1.29, 1.82) is 0 Å². The van der Waals surface area contributed by atoms with Gasteiger partial charge in [-0.2, -0.15) is 0 Å². The molecule has 2 unspecified atom stereocenters. The fourth-order valence-corrected chi connectivity index (χ4v) is 4.00. The molecule has 3 rings (SSSR count). The van der Waals surface area contributed by atoms with Crippen molar-refractivity contribution in [2.24, 2.45) is 10.9 Å². The number of sulfone groups is 1. The van der Waals surface area contributed by atoms with E-state index in [2.05, 4.69) is 11.6 Å². The molecule has 23 heavy (non-hydrogen) atoms. The van der Waals surface area contributed by atoms with Crippen molar-refractivity contribution in [2.45, 2.75) is 10.9 Å². The number of aliphatic imine (C=N–C) groups is 1. The standard InChI is InChI=1S/C18H17NO3S/c1-13(17-10-3-6-14-7-5-11-19-18(14)17)23(20,21)16-9-4-8-15(12-16)22-2/h3-12,14,18H,1H2,2H3. The summed E-state index contributed by atoms with van der Waals surface area (Å²) < 4.78 is 30.9. The molecule has 0 bridgehead atoms. The van der Waals surface area contributed by atoms with Crippen LogP contribution in [0.4, 0.5) is 0 Å². The largest absolute Gasteiger partial charge is 0.497 e. The van der Waals surface area contributed by atoms with E-state index >= 15 is 0 Å². The molecule has 2 atom stereocenters. The van der Waals surface area contributed by atoms with Gasteiger partial charge in [0.25, 0.3) is 0 Å². The van der Waals surface area contributed by atoms with Crippen LogP contribution in [0, 0.1) is 5.92 Å². The molecule has 0 amide bonds. The summed E-state index contributed by atoms with van der Waals surface area (Å²) in [7, 11) is -2.19. The minimum absolute atomic E-state index is 0.0669. The van der Waals surface area contributed by atoms with E-state index in [0.29, 0.717) is 11.3 Å². The van der Waals surface area contributed by atoms with Gasteiger partial charge in [0, 0.05) is 12.1 Å².